The third-order valence-electron chi connectivity index (χ3n) is 1.64. The maximum absolute atomic E-state index is 9.37. The van der Waals surface area contributed by atoms with Crippen LogP contribution < -0.4 is 11.5 Å². The summed E-state index contributed by atoms with van der Waals surface area (Å²) in [5.74, 6) is 0.0897. The Balaban J connectivity index is 3.23. The fourth-order valence-electron chi connectivity index (χ4n) is 0.958. The van der Waals surface area contributed by atoms with Gasteiger partial charge in [0.05, 0.1) is 10.7 Å². The van der Waals surface area contributed by atoms with Gasteiger partial charge in [-0.3, -0.25) is 0 Å². The predicted molar refractivity (Wildman–Crippen MR) is 50.1 cm³/mol. The van der Waals surface area contributed by atoms with Crippen molar-refractivity contribution in [2.45, 2.75) is 13.0 Å². The number of halogens is 1. The van der Waals surface area contributed by atoms with Crippen molar-refractivity contribution < 1.29 is 5.11 Å². The molecule has 0 bridgehead atoms. The lowest BCUT2D eigenvalue weighted by atomic mass is 10.1. The molecule has 0 saturated heterocycles. The summed E-state index contributed by atoms with van der Waals surface area (Å²) in [7, 11) is 0. The molecule has 1 aromatic carbocycles. The molecule has 0 fully saturated rings. The Morgan fingerprint density at radius 2 is 2.08 bits per heavy atom. The number of phenols is 1. The molecule has 0 heterocycles. The second-order valence-corrected chi connectivity index (χ2v) is 3.13. The molecule has 4 heteroatoms. The molecular formula is C8H11ClN2O. The molecule has 0 spiro atoms. The summed E-state index contributed by atoms with van der Waals surface area (Å²) in [4.78, 5) is 0. The number of hydrogen-bond donors (Lipinski definition) is 3. The number of nitrogen functional groups attached to an aromatic ring is 1. The second-order valence-electron chi connectivity index (χ2n) is 2.72. The molecule has 12 heavy (non-hydrogen) atoms. The molecule has 66 valence electrons. The molecule has 1 rings (SSSR count). The van der Waals surface area contributed by atoms with Gasteiger partial charge in [-0.2, -0.15) is 0 Å². The van der Waals surface area contributed by atoms with E-state index in [-0.39, 0.29) is 11.8 Å². The third kappa shape index (κ3) is 1.62. The Morgan fingerprint density at radius 1 is 1.50 bits per heavy atom. The number of phenolic OH excluding ortho intramolecular Hbond substituents is 1. The Bertz CT molecular complexity index is 299. The minimum absolute atomic E-state index is 0.0897. The van der Waals surface area contributed by atoms with Crippen molar-refractivity contribution in [3.05, 3.63) is 22.7 Å². The summed E-state index contributed by atoms with van der Waals surface area (Å²) in [6.45, 7) is 1.77. The van der Waals surface area contributed by atoms with Gasteiger partial charge in [0.15, 0.2) is 0 Å². The molecule has 1 atom stereocenters. The van der Waals surface area contributed by atoms with E-state index in [1.165, 1.54) is 6.07 Å². The number of hydrogen-bond acceptors (Lipinski definition) is 3. The van der Waals surface area contributed by atoms with Crippen LogP contribution >= 0.6 is 11.6 Å². The Morgan fingerprint density at radius 3 is 2.58 bits per heavy atom. The van der Waals surface area contributed by atoms with Gasteiger partial charge in [0.1, 0.15) is 5.75 Å². The average Bonchev–Trinajstić information content (AvgIpc) is 1.96. The second kappa shape index (κ2) is 3.21. The average molecular weight is 187 g/mol. The van der Waals surface area contributed by atoms with Crippen LogP contribution in [0.1, 0.15) is 18.5 Å². The van der Waals surface area contributed by atoms with Crippen molar-refractivity contribution >= 4 is 17.3 Å². The first kappa shape index (κ1) is 9.16. The van der Waals surface area contributed by atoms with Crippen molar-refractivity contribution in [3.63, 3.8) is 0 Å². The zero-order chi connectivity index (χ0) is 9.30. The van der Waals surface area contributed by atoms with Gasteiger partial charge < -0.3 is 16.6 Å². The van der Waals surface area contributed by atoms with Gasteiger partial charge in [-0.1, -0.05) is 11.6 Å². The lowest BCUT2D eigenvalue weighted by Gasteiger charge is -2.09. The molecule has 0 aliphatic rings. The summed E-state index contributed by atoms with van der Waals surface area (Å²) in [6.07, 6.45) is 0. The first-order chi connectivity index (χ1) is 5.52. The van der Waals surface area contributed by atoms with Crippen molar-refractivity contribution in [3.8, 4) is 5.75 Å². The van der Waals surface area contributed by atoms with Gasteiger partial charge >= 0.3 is 0 Å². The summed E-state index contributed by atoms with van der Waals surface area (Å²) < 4.78 is 0. The lowest BCUT2D eigenvalue weighted by Crippen LogP contribution is -2.05. The van der Waals surface area contributed by atoms with E-state index in [4.69, 9.17) is 23.1 Å². The molecule has 3 nitrogen and oxygen atoms in total. The fourth-order valence-corrected chi connectivity index (χ4v) is 1.13. The van der Waals surface area contributed by atoms with Crippen LogP contribution in [0, 0.1) is 0 Å². The number of anilines is 1. The van der Waals surface area contributed by atoms with Crippen molar-refractivity contribution in [2.75, 3.05) is 5.73 Å². The quantitative estimate of drug-likeness (QED) is 0.584. The van der Waals surface area contributed by atoms with E-state index in [1.807, 2.05) is 0 Å². The van der Waals surface area contributed by atoms with Gasteiger partial charge in [0.25, 0.3) is 0 Å². The van der Waals surface area contributed by atoms with E-state index >= 15 is 0 Å². The summed E-state index contributed by atoms with van der Waals surface area (Å²) in [6, 6.07) is 2.74. The van der Waals surface area contributed by atoms with Gasteiger partial charge in [0.2, 0.25) is 0 Å². The van der Waals surface area contributed by atoms with Gasteiger partial charge in [-0.05, 0) is 13.0 Å². The first-order valence-corrected chi connectivity index (χ1v) is 3.93. The van der Waals surface area contributed by atoms with Crippen LogP contribution in [0.4, 0.5) is 5.69 Å². The topological polar surface area (TPSA) is 72.3 Å². The highest BCUT2D eigenvalue weighted by atomic mass is 35.5. The third-order valence-corrected chi connectivity index (χ3v) is 1.96. The van der Waals surface area contributed by atoms with Crippen LogP contribution in [0.25, 0.3) is 0 Å². The zero-order valence-corrected chi connectivity index (χ0v) is 7.47. The number of aromatic hydroxyl groups is 1. The van der Waals surface area contributed by atoms with Gasteiger partial charge in [-0.25, -0.2) is 0 Å². The van der Waals surface area contributed by atoms with Crippen molar-refractivity contribution in [1.29, 1.82) is 0 Å². The highest BCUT2D eigenvalue weighted by Crippen LogP contribution is 2.30. The standard InChI is InChI=1S/C8H11ClN2O/c1-4(10)5-2-6(9)7(11)3-8(5)12/h2-4,12H,10-11H2,1H3/t4-/m1/s1. The highest BCUT2D eigenvalue weighted by molar-refractivity contribution is 6.33. The Kier molecular flexibility index (Phi) is 2.45. The molecule has 0 aliphatic carbocycles. The van der Waals surface area contributed by atoms with Crippen LogP contribution in [0.3, 0.4) is 0 Å². The van der Waals surface area contributed by atoms with Crippen LogP contribution in [0.15, 0.2) is 12.1 Å². The Labute approximate surface area is 75.9 Å². The van der Waals surface area contributed by atoms with E-state index in [0.29, 0.717) is 16.3 Å². The smallest absolute Gasteiger partial charge is 0.122 e. The normalized spacial score (nSPS) is 12.9. The zero-order valence-electron chi connectivity index (χ0n) is 6.71. The highest BCUT2D eigenvalue weighted by Gasteiger charge is 2.08. The first-order valence-electron chi connectivity index (χ1n) is 3.56. The molecule has 1 aromatic rings. The number of nitrogens with two attached hydrogens (primary N) is 2. The van der Waals surface area contributed by atoms with E-state index in [2.05, 4.69) is 0 Å². The van der Waals surface area contributed by atoms with Crippen LogP contribution in [0.5, 0.6) is 5.75 Å². The molecule has 0 unspecified atom stereocenters. The number of rotatable bonds is 1. The maximum Gasteiger partial charge on any atom is 0.122 e. The number of benzene rings is 1. The fraction of sp³-hybridized carbons (Fsp3) is 0.250. The Hall–Kier alpha value is -0.930. The van der Waals surface area contributed by atoms with Crippen molar-refractivity contribution in [1.82, 2.24) is 0 Å². The van der Waals surface area contributed by atoms with Crippen LogP contribution in [-0.2, 0) is 0 Å². The SMILES string of the molecule is C[C@@H](N)c1cc(Cl)c(N)cc1O. The minimum atomic E-state index is -0.247. The molecule has 0 amide bonds. The maximum atomic E-state index is 9.37. The molecule has 0 saturated carbocycles. The monoisotopic (exact) mass is 186 g/mol. The van der Waals surface area contributed by atoms with E-state index in [0.717, 1.165) is 0 Å². The summed E-state index contributed by atoms with van der Waals surface area (Å²) in [5.41, 5.74) is 12.0. The van der Waals surface area contributed by atoms with Crippen LogP contribution in [-0.4, -0.2) is 5.11 Å². The summed E-state index contributed by atoms with van der Waals surface area (Å²) >= 11 is 5.74. The lowest BCUT2D eigenvalue weighted by molar-refractivity contribution is 0.464. The molecule has 5 N–H and O–H groups in total. The van der Waals surface area contributed by atoms with Gasteiger partial charge in [0, 0.05) is 17.7 Å². The van der Waals surface area contributed by atoms with E-state index in [9.17, 15) is 5.11 Å². The minimum Gasteiger partial charge on any atom is -0.508 e. The largest absolute Gasteiger partial charge is 0.508 e. The predicted octanol–water partition coefficient (Wildman–Crippen LogP) is 1.65. The molecule has 0 aromatic heterocycles. The molecule has 0 radical (unpaired) electrons. The van der Waals surface area contributed by atoms with E-state index in [1.54, 1.807) is 13.0 Å². The molecule has 0 aliphatic heterocycles. The van der Waals surface area contributed by atoms with E-state index < -0.39 is 0 Å². The van der Waals surface area contributed by atoms with Gasteiger partial charge in [-0.15, -0.1) is 0 Å². The summed E-state index contributed by atoms with van der Waals surface area (Å²) in [5, 5.41) is 9.78. The molecular weight excluding hydrogens is 176 g/mol. The van der Waals surface area contributed by atoms with Crippen LogP contribution in [0.2, 0.25) is 5.02 Å². The van der Waals surface area contributed by atoms with Crippen molar-refractivity contribution in [2.24, 2.45) is 5.73 Å².